The van der Waals surface area contributed by atoms with Gasteiger partial charge in [0.25, 0.3) is 0 Å². The Hall–Kier alpha value is -2.24. The van der Waals surface area contributed by atoms with Crippen LogP contribution < -0.4 is 11.2 Å². The fourth-order valence-corrected chi connectivity index (χ4v) is 3.87. The topological polar surface area (TPSA) is 58.4 Å². The predicted octanol–water partition coefficient (Wildman–Crippen LogP) is 3.95. The third kappa shape index (κ3) is 5.88. The van der Waals surface area contributed by atoms with Gasteiger partial charge in [0.1, 0.15) is 11.9 Å². The second-order valence-corrected chi connectivity index (χ2v) is 7.65. The van der Waals surface area contributed by atoms with E-state index in [0.29, 0.717) is 12.0 Å². The van der Waals surface area contributed by atoms with Crippen LogP contribution in [0.25, 0.3) is 0 Å². The summed E-state index contributed by atoms with van der Waals surface area (Å²) in [5.74, 6) is 5.94. The zero-order chi connectivity index (χ0) is 19.8. The van der Waals surface area contributed by atoms with Gasteiger partial charge < -0.3 is 5.32 Å². The Labute approximate surface area is 166 Å². The average molecular weight is 384 g/mol. The van der Waals surface area contributed by atoms with Gasteiger partial charge in [-0.15, -0.1) is 0 Å². The molecule has 3 rings (SSSR count). The van der Waals surface area contributed by atoms with Crippen LogP contribution in [0.1, 0.15) is 49.7 Å². The summed E-state index contributed by atoms with van der Waals surface area (Å²) in [6.07, 6.45) is 6.93. The monoisotopic (exact) mass is 383 g/mol. The molecule has 0 radical (unpaired) electrons. The van der Waals surface area contributed by atoms with Crippen molar-refractivity contribution in [3.63, 3.8) is 0 Å². The van der Waals surface area contributed by atoms with Gasteiger partial charge in [-0.2, -0.15) is 0 Å². The minimum absolute atomic E-state index is 0.0540. The van der Waals surface area contributed by atoms with E-state index in [2.05, 4.69) is 5.32 Å². The molecule has 28 heavy (non-hydrogen) atoms. The van der Waals surface area contributed by atoms with Gasteiger partial charge in [-0.1, -0.05) is 67.8 Å². The summed E-state index contributed by atoms with van der Waals surface area (Å²) in [5, 5.41) is 4.67. The number of nitrogens with zero attached hydrogens (tertiary/aromatic N) is 1. The van der Waals surface area contributed by atoms with Crippen LogP contribution >= 0.6 is 0 Å². The minimum Gasteiger partial charge on any atom is -0.352 e. The molecule has 3 N–H and O–H groups in total. The first-order chi connectivity index (χ1) is 13.6. The smallest absolute Gasteiger partial charge is 0.239 e. The lowest BCUT2D eigenvalue weighted by Crippen LogP contribution is -2.52. The molecule has 1 atom stereocenters. The van der Waals surface area contributed by atoms with Crippen molar-refractivity contribution in [3.05, 3.63) is 71.5 Å². The molecule has 1 saturated carbocycles. The Morgan fingerprint density at radius 1 is 1.07 bits per heavy atom. The van der Waals surface area contributed by atoms with Crippen molar-refractivity contribution >= 4 is 5.91 Å². The van der Waals surface area contributed by atoms with Gasteiger partial charge in [-0.25, -0.2) is 9.40 Å². The molecule has 0 aliphatic heterocycles. The van der Waals surface area contributed by atoms with Crippen LogP contribution in [0.15, 0.2) is 54.6 Å². The number of rotatable bonds is 8. The van der Waals surface area contributed by atoms with E-state index in [4.69, 9.17) is 5.84 Å². The molecule has 0 spiro atoms. The van der Waals surface area contributed by atoms with Crippen molar-refractivity contribution < 1.29 is 9.18 Å². The van der Waals surface area contributed by atoms with Gasteiger partial charge in [-0.3, -0.25) is 10.6 Å². The maximum absolute atomic E-state index is 14.1. The Morgan fingerprint density at radius 3 is 2.46 bits per heavy atom. The van der Waals surface area contributed by atoms with Gasteiger partial charge in [0, 0.05) is 18.2 Å². The van der Waals surface area contributed by atoms with Crippen molar-refractivity contribution in [3.8, 4) is 0 Å². The fraction of sp³-hybridized carbons (Fsp3) is 0.435. The number of carbonyl (C=O) groups is 1. The molecule has 1 aliphatic carbocycles. The lowest BCUT2D eigenvalue weighted by atomic mass is 9.95. The third-order valence-corrected chi connectivity index (χ3v) is 5.51. The first-order valence-electron chi connectivity index (χ1n) is 10.2. The maximum atomic E-state index is 14.1. The Morgan fingerprint density at radius 2 is 1.75 bits per heavy atom. The van der Waals surface area contributed by atoms with E-state index in [1.807, 2.05) is 30.3 Å². The number of halogens is 1. The molecule has 4 nitrogen and oxygen atoms in total. The molecule has 150 valence electrons. The molecule has 2 aromatic rings. The molecule has 0 aromatic heterocycles. The first kappa shape index (κ1) is 20.5. The van der Waals surface area contributed by atoms with Crippen LogP contribution in [-0.4, -0.2) is 23.0 Å². The summed E-state index contributed by atoms with van der Waals surface area (Å²) in [4.78, 5) is 13.0. The molecule has 1 aliphatic rings. The quantitative estimate of drug-likeness (QED) is 0.536. The lowest BCUT2D eigenvalue weighted by molar-refractivity contribution is -0.128. The lowest BCUT2D eigenvalue weighted by Gasteiger charge is -2.30. The standard InChI is InChI=1S/C23H30FN3O/c24-21-14-8-7-11-19(21)17-27(25)22(16-15-18-9-3-1-4-10-18)23(28)26-20-12-5-2-6-13-20/h1,3-4,7-11,14,20,22H,2,5-6,12-13,15-17,25H2,(H,26,28). The van der Waals surface area contributed by atoms with E-state index in [1.165, 1.54) is 17.5 Å². The number of aryl methyl sites for hydroxylation is 1. The third-order valence-electron chi connectivity index (χ3n) is 5.51. The highest BCUT2D eigenvalue weighted by atomic mass is 19.1. The van der Waals surface area contributed by atoms with Crippen molar-refractivity contribution in [1.29, 1.82) is 0 Å². The van der Waals surface area contributed by atoms with E-state index in [1.54, 1.807) is 18.2 Å². The summed E-state index contributed by atoms with van der Waals surface area (Å²) >= 11 is 0. The van der Waals surface area contributed by atoms with Crippen LogP contribution in [0, 0.1) is 5.82 Å². The number of hydrogen-bond acceptors (Lipinski definition) is 3. The first-order valence-corrected chi connectivity index (χ1v) is 10.2. The van der Waals surface area contributed by atoms with Gasteiger partial charge >= 0.3 is 0 Å². The second kappa shape index (κ2) is 10.3. The molecule has 1 fully saturated rings. The van der Waals surface area contributed by atoms with E-state index in [9.17, 15) is 9.18 Å². The Kier molecular flexibility index (Phi) is 7.57. The van der Waals surface area contributed by atoms with E-state index in [0.717, 1.165) is 37.7 Å². The molecule has 1 amide bonds. The normalized spacial score (nSPS) is 16.1. The molecular weight excluding hydrogens is 353 g/mol. The minimum atomic E-state index is -0.498. The predicted molar refractivity (Wildman–Crippen MR) is 110 cm³/mol. The number of carbonyl (C=O) groups excluding carboxylic acids is 1. The summed E-state index contributed by atoms with van der Waals surface area (Å²) in [5.41, 5.74) is 1.66. The molecule has 0 bridgehead atoms. The van der Waals surface area contributed by atoms with Crippen LogP contribution in [0.2, 0.25) is 0 Å². The van der Waals surface area contributed by atoms with Crippen molar-refractivity contribution in [2.45, 2.75) is 63.6 Å². The zero-order valence-corrected chi connectivity index (χ0v) is 16.3. The van der Waals surface area contributed by atoms with Gasteiger partial charge in [0.2, 0.25) is 5.91 Å². The van der Waals surface area contributed by atoms with Crippen LogP contribution in [0.4, 0.5) is 4.39 Å². The molecule has 2 aromatic carbocycles. The molecule has 5 heteroatoms. The van der Waals surface area contributed by atoms with Crippen molar-refractivity contribution in [2.75, 3.05) is 0 Å². The molecule has 1 unspecified atom stereocenters. The van der Waals surface area contributed by atoms with Crippen LogP contribution in [0.3, 0.4) is 0 Å². The summed E-state index contributed by atoms with van der Waals surface area (Å²) in [7, 11) is 0. The molecule has 0 saturated heterocycles. The van der Waals surface area contributed by atoms with E-state index in [-0.39, 0.29) is 24.3 Å². The number of nitrogens with one attached hydrogen (secondary N) is 1. The molecular formula is C23H30FN3O. The summed E-state index contributed by atoms with van der Waals surface area (Å²) < 4.78 is 14.1. The summed E-state index contributed by atoms with van der Waals surface area (Å²) in [6.45, 7) is 0.199. The highest BCUT2D eigenvalue weighted by molar-refractivity contribution is 5.82. The van der Waals surface area contributed by atoms with Crippen molar-refractivity contribution in [1.82, 2.24) is 10.3 Å². The second-order valence-electron chi connectivity index (χ2n) is 7.65. The van der Waals surface area contributed by atoms with E-state index < -0.39 is 6.04 Å². The summed E-state index contributed by atoms with van der Waals surface area (Å²) in [6, 6.07) is 16.4. The van der Waals surface area contributed by atoms with Crippen molar-refractivity contribution in [2.24, 2.45) is 5.84 Å². The number of benzene rings is 2. The van der Waals surface area contributed by atoms with Gasteiger partial charge in [0.15, 0.2) is 0 Å². The number of hydrazine groups is 1. The Bertz CT molecular complexity index is 747. The van der Waals surface area contributed by atoms with Crippen LogP contribution in [0.5, 0.6) is 0 Å². The zero-order valence-electron chi connectivity index (χ0n) is 16.3. The highest BCUT2D eigenvalue weighted by Gasteiger charge is 2.27. The Balaban J connectivity index is 1.68. The maximum Gasteiger partial charge on any atom is 0.239 e. The highest BCUT2D eigenvalue weighted by Crippen LogP contribution is 2.19. The largest absolute Gasteiger partial charge is 0.352 e. The fourth-order valence-electron chi connectivity index (χ4n) is 3.87. The molecule has 0 heterocycles. The van der Waals surface area contributed by atoms with Gasteiger partial charge in [0.05, 0.1) is 0 Å². The number of nitrogens with two attached hydrogens (primary N) is 1. The average Bonchev–Trinajstić information content (AvgIpc) is 2.71. The SMILES string of the molecule is NN(Cc1ccccc1F)C(CCc1ccccc1)C(=O)NC1CCCCC1. The van der Waals surface area contributed by atoms with Gasteiger partial charge in [-0.05, 0) is 37.3 Å². The number of hydrogen-bond donors (Lipinski definition) is 2. The van der Waals surface area contributed by atoms with E-state index >= 15 is 0 Å². The number of amides is 1. The van der Waals surface area contributed by atoms with Crippen LogP contribution in [-0.2, 0) is 17.8 Å².